The summed E-state index contributed by atoms with van der Waals surface area (Å²) >= 11 is 0. The Morgan fingerprint density at radius 1 is 1.11 bits per heavy atom. The van der Waals surface area contributed by atoms with Gasteiger partial charge in [-0.2, -0.15) is 9.57 Å². The fourth-order valence-electron chi connectivity index (χ4n) is 3.27. The number of Topliss-reactive ketones (excluding diaryl/α,β-unsaturated/α-hetero) is 1. The van der Waals surface area contributed by atoms with Crippen molar-refractivity contribution in [2.75, 3.05) is 20.2 Å². The van der Waals surface area contributed by atoms with Crippen LogP contribution < -0.4 is 4.74 Å². The summed E-state index contributed by atoms with van der Waals surface area (Å²) < 4.78 is 32.2. The van der Waals surface area contributed by atoms with E-state index in [1.807, 2.05) is 6.07 Å². The molecule has 1 aliphatic rings. The molecule has 6 nitrogen and oxygen atoms in total. The van der Waals surface area contributed by atoms with Gasteiger partial charge in [0.1, 0.15) is 11.8 Å². The largest absolute Gasteiger partial charge is 0.497 e. The Kier molecular flexibility index (Phi) is 5.59. The maximum Gasteiger partial charge on any atom is 0.244 e. The molecule has 27 heavy (non-hydrogen) atoms. The van der Waals surface area contributed by atoms with Crippen LogP contribution in [0.15, 0.2) is 53.4 Å². The smallest absolute Gasteiger partial charge is 0.244 e. The van der Waals surface area contributed by atoms with E-state index in [9.17, 15) is 18.5 Å². The molecule has 1 aliphatic heterocycles. The Bertz CT molecular complexity index is 970. The van der Waals surface area contributed by atoms with Gasteiger partial charge >= 0.3 is 0 Å². The number of nitriles is 1. The van der Waals surface area contributed by atoms with Crippen LogP contribution in [0.3, 0.4) is 0 Å². The number of ether oxygens (including phenoxy) is 1. The van der Waals surface area contributed by atoms with Gasteiger partial charge in [0, 0.05) is 24.6 Å². The van der Waals surface area contributed by atoms with Gasteiger partial charge in [-0.1, -0.05) is 12.1 Å². The average molecular weight is 384 g/mol. The Balaban J connectivity index is 1.71. The molecular formula is C20H20N2O4S. The van der Waals surface area contributed by atoms with Crippen LogP contribution in [0.2, 0.25) is 0 Å². The number of carbonyl (C=O) groups excluding carboxylic acids is 1. The third-order valence-corrected chi connectivity index (χ3v) is 6.78. The normalized spacial score (nSPS) is 15.9. The first kappa shape index (κ1) is 19.1. The summed E-state index contributed by atoms with van der Waals surface area (Å²) in [6, 6.07) is 15.1. The van der Waals surface area contributed by atoms with E-state index in [0.29, 0.717) is 24.2 Å². The average Bonchev–Trinajstić information content (AvgIpc) is 2.73. The first-order chi connectivity index (χ1) is 13.0. The zero-order chi connectivity index (χ0) is 19.4. The molecule has 140 valence electrons. The van der Waals surface area contributed by atoms with E-state index < -0.39 is 10.0 Å². The van der Waals surface area contributed by atoms with Gasteiger partial charge in [0.15, 0.2) is 5.78 Å². The van der Waals surface area contributed by atoms with Crippen molar-refractivity contribution >= 4 is 15.8 Å². The summed E-state index contributed by atoms with van der Waals surface area (Å²) in [4.78, 5) is 12.7. The van der Waals surface area contributed by atoms with Gasteiger partial charge in [-0.05, 0) is 49.2 Å². The number of nitrogens with zero attached hydrogens (tertiary/aromatic N) is 2. The molecule has 1 heterocycles. The van der Waals surface area contributed by atoms with Crippen LogP contribution >= 0.6 is 0 Å². The molecular weight excluding hydrogens is 364 g/mol. The summed E-state index contributed by atoms with van der Waals surface area (Å²) in [7, 11) is -2.18. The highest BCUT2D eigenvalue weighted by molar-refractivity contribution is 7.89. The SMILES string of the molecule is COc1ccc(C(=O)C2CCN(S(=O)(=O)c3ccccc3C#N)CC2)cc1. The first-order valence-corrected chi connectivity index (χ1v) is 10.1. The molecule has 0 amide bonds. The van der Waals surface area contributed by atoms with Gasteiger partial charge in [0.2, 0.25) is 10.0 Å². The van der Waals surface area contributed by atoms with Gasteiger partial charge in [0.05, 0.1) is 17.6 Å². The van der Waals surface area contributed by atoms with E-state index in [1.165, 1.54) is 16.4 Å². The number of benzene rings is 2. The molecule has 2 aromatic rings. The van der Waals surface area contributed by atoms with E-state index in [1.54, 1.807) is 43.5 Å². The lowest BCUT2D eigenvalue weighted by molar-refractivity contribution is 0.0875. The standard InChI is InChI=1S/C20H20N2O4S/c1-26-18-8-6-15(7-9-18)20(23)16-10-12-22(13-11-16)27(24,25)19-5-3-2-4-17(19)14-21/h2-9,16H,10-13H2,1H3. The Morgan fingerprint density at radius 2 is 1.74 bits per heavy atom. The third kappa shape index (κ3) is 3.87. The molecule has 0 aromatic heterocycles. The lowest BCUT2D eigenvalue weighted by Crippen LogP contribution is -2.40. The van der Waals surface area contributed by atoms with Gasteiger partial charge in [-0.25, -0.2) is 8.42 Å². The minimum absolute atomic E-state index is 0.0205. The van der Waals surface area contributed by atoms with Gasteiger partial charge in [0.25, 0.3) is 0 Å². The molecule has 0 N–H and O–H groups in total. The molecule has 0 spiro atoms. The minimum Gasteiger partial charge on any atom is -0.497 e. The number of methoxy groups -OCH3 is 1. The Hall–Kier alpha value is -2.69. The van der Waals surface area contributed by atoms with Gasteiger partial charge < -0.3 is 4.74 Å². The molecule has 1 saturated heterocycles. The highest BCUT2D eigenvalue weighted by atomic mass is 32.2. The van der Waals surface area contributed by atoms with Crippen molar-refractivity contribution in [3.05, 3.63) is 59.7 Å². The minimum atomic E-state index is -3.74. The Labute approximate surface area is 159 Å². The van der Waals surface area contributed by atoms with Crippen molar-refractivity contribution < 1.29 is 17.9 Å². The van der Waals surface area contributed by atoms with Crippen molar-refractivity contribution in [2.24, 2.45) is 5.92 Å². The number of piperidine rings is 1. The van der Waals surface area contributed by atoms with E-state index in [0.717, 1.165) is 0 Å². The lowest BCUT2D eigenvalue weighted by atomic mass is 9.89. The number of hydrogen-bond acceptors (Lipinski definition) is 5. The molecule has 3 rings (SSSR count). The van der Waals surface area contributed by atoms with Crippen LogP contribution in [0, 0.1) is 17.2 Å². The van der Waals surface area contributed by atoms with Crippen molar-refractivity contribution in [1.29, 1.82) is 5.26 Å². The highest BCUT2D eigenvalue weighted by Crippen LogP contribution is 2.28. The summed E-state index contributed by atoms with van der Waals surface area (Å²) in [6.45, 7) is 0.517. The predicted molar refractivity (Wildman–Crippen MR) is 100.0 cm³/mol. The topological polar surface area (TPSA) is 87.5 Å². The number of sulfonamides is 1. The highest BCUT2D eigenvalue weighted by Gasteiger charge is 2.33. The fourth-order valence-corrected chi connectivity index (χ4v) is 4.88. The number of rotatable bonds is 5. The van der Waals surface area contributed by atoms with Gasteiger partial charge in [-0.15, -0.1) is 0 Å². The van der Waals surface area contributed by atoms with Crippen LogP contribution in [0.25, 0.3) is 0 Å². The number of carbonyl (C=O) groups is 1. The van der Waals surface area contributed by atoms with Crippen LogP contribution in [-0.4, -0.2) is 38.7 Å². The molecule has 0 bridgehead atoms. The fraction of sp³-hybridized carbons (Fsp3) is 0.300. The second kappa shape index (κ2) is 7.91. The van der Waals surface area contributed by atoms with E-state index in [-0.39, 0.29) is 35.2 Å². The van der Waals surface area contributed by atoms with Crippen molar-refractivity contribution in [2.45, 2.75) is 17.7 Å². The first-order valence-electron chi connectivity index (χ1n) is 8.65. The quantitative estimate of drug-likeness (QED) is 0.740. The van der Waals surface area contributed by atoms with E-state index in [4.69, 9.17) is 4.74 Å². The molecule has 0 aliphatic carbocycles. The zero-order valence-corrected chi connectivity index (χ0v) is 15.8. The van der Waals surface area contributed by atoms with E-state index in [2.05, 4.69) is 0 Å². The van der Waals surface area contributed by atoms with Crippen LogP contribution in [-0.2, 0) is 10.0 Å². The van der Waals surface area contributed by atoms with Gasteiger partial charge in [-0.3, -0.25) is 4.79 Å². The van der Waals surface area contributed by atoms with Crippen LogP contribution in [0.4, 0.5) is 0 Å². The predicted octanol–water partition coefficient (Wildman–Crippen LogP) is 2.85. The summed E-state index contributed by atoms with van der Waals surface area (Å²) in [5.74, 6) is 0.492. The molecule has 0 radical (unpaired) electrons. The second-order valence-corrected chi connectivity index (χ2v) is 8.29. The van der Waals surface area contributed by atoms with Crippen molar-refractivity contribution in [3.8, 4) is 11.8 Å². The van der Waals surface area contributed by atoms with Crippen LogP contribution in [0.1, 0.15) is 28.8 Å². The molecule has 0 unspecified atom stereocenters. The lowest BCUT2D eigenvalue weighted by Gasteiger charge is -2.30. The second-order valence-electron chi connectivity index (χ2n) is 6.38. The zero-order valence-electron chi connectivity index (χ0n) is 15.0. The molecule has 0 atom stereocenters. The summed E-state index contributed by atoms with van der Waals surface area (Å²) in [5, 5.41) is 9.17. The van der Waals surface area contributed by atoms with Crippen molar-refractivity contribution in [1.82, 2.24) is 4.31 Å². The maximum atomic E-state index is 12.9. The van der Waals surface area contributed by atoms with Crippen LogP contribution in [0.5, 0.6) is 5.75 Å². The number of ketones is 1. The number of hydrogen-bond donors (Lipinski definition) is 0. The molecule has 1 fully saturated rings. The third-order valence-electron chi connectivity index (χ3n) is 4.82. The maximum absolute atomic E-state index is 12.9. The summed E-state index contributed by atoms with van der Waals surface area (Å²) in [6.07, 6.45) is 0.914. The Morgan fingerprint density at radius 3 is 2.33 bits per heavy atom. The monoisotopic (exact) mass is 384 g/mol. The molecule has 0 saturated carbocycles. The molecule has 7 heteroatoms. The van der Waals surface area contributed by atoms with E-state index >= 15 is 0 Å². The molecule has 2 aromatic carbocycles. The van der Waals surface area contributed by atoms with Crippen molar-refractivity contribution in [3.63, 3.8) is 0 Å². The summed E-state index contributed by atoms with van der Waals surface area (Å²) in [5.41, 5.74) is 0.737.